The Labute approximate surface area is 133 Å². The molecule has 0 aliphatic rings. The highest BCUT2D eigenvalue weighted by atomic mass is 79.9. The van der Waals surface area contributed by atoms with Crippen LogP contribution in [0.4, 0.5) is 20.2 Å². The number of sulfonamides is 1. The molecule has 0 fully saturated rings. The summed E-state index contributed by atoms with van der Waals surface area (Å²) >= 11 is 8.71. The van der Waals surface area contributed by atoms with E-state index in [9.17, 15) is 17.2 Å². The van der Waals surface area contributed by atoms with Gasteiger partial charge in [-0.1, -0.05) is 17.7 Å². The summed E-state index contributed by atoms with van der Waals surface area (Å²) in [5.74, 6) is -1.92. The molecule has 2 aromatic rings. The lowest BCUT2D eigenvalue weighted by molar-refractivity contribution is 0.581. The van der Waals surface area contributed by atoms with Crippen molar-refractivity contribution in [1.82, 2.24) is 0 Å². The van der Waals surface area contributed by atoms with E-state index in [1.807, 2.05) is 4.72 Å². The van der Waals surface area contributed by atoms with Gasteiger partial charge in [0, 0.05) is 10.5 Å². The molecule has 112 valence electrons. The van der Waals surface area contributed by atoms with Crippen LogP contribution in [0.1, 0.15) is 0 Å². The Bertz CT molecular complexity index is 772. The second-order valence-electron chi connectivity index (χ2n) is 4.01. The van der Waals surface area contributed by atoms with Crippen molar-refractivity contribution in [1.29, 1.82) is 0 Å². The minimum absolute atomic E-state index is 0.0887. The van der Waals surface area contributed by atoms with E-state index in [1.54, 1.807) is 0 Å². The molecule has 3 N–H and O–H groups in total. The first kappa shape index (κ1) is 16.0. The fourth-order valence-electron chi connectivity index (χ4n) is 1.63. The highest BCUT2D eigenvalue weighted by Gasteiger charge is 2.24. The van der Waals surface area contributed by atoms with E-state index in [0.29, 0.717) is 6.07 Å². The Morgan fingerprint density at radius 2 is 1.90 bits per heavy atom. The molecule has 0 saturated carbocycles. The molecule has 0 radical (unpaired) electrons. The van der Waals surface area contributed by atoms with Crippen LogP contribution in [0.25, 0.3) is 0 Å². The Morgan fingerprint density at radius 1 is 1.24 bits per heavy atom. The highest BCUT2D eigenvalue weighted by molar-refractivity contribution is 9.10. The van der Waals surface area contributed by atoms with Crippen molar-refractivity contribution in [3.05, 3.63) is 51.5 Å². The van der Waals surface area contributed by atoms with Gasteiger partial charge in [0.05, 0.1) is 16.4 Å². The van der Waals surface area contributed by atoms with Crippen molar-refractivity contribution in [2.75, 3.05) is 10.5 Å². The molecule has 0 aliphatic heterocycles. The second kappa shape index (κ2) is 5.78. The van der Waals surface area contributed by atoms with E-state index in [2.05, 4.69) is 15.9 Å². The van der Waals surface area contributed by atoms with Gasteiger partial charge >= 0.3 is 0 Å². The van der Waals surface area contributed by atoms with E-state index in [1.165, 1.54) is 18.2 Å². The Hall–Kier alpha value is -1.38. The first-order valence-electron chi connectivity index (χ1n) is 5.43. The standard InChI is InChI=1S/C12H8BrClF2N2O2S/c13-7-4-6(15)5-9(16)11(7)18-21(19,20)12-8(14)2-1-3-10(12)17/h1-5,18H,17H2. The number of nitrogens with two attached hydrogens (primary N) is 1. The summed E-state index contributed by atoms with van der Waals surface area (Å²) in [5, 5.41) is -0.110. The van der Waals surface area contributed by atoms with Gasteiger partial charge < -0.3 is 5.73 Å². The molecule has 2 aromatic carbocycles. The summed E-state index contributed by atoms with van der Waals surface area (Å²) in [6, 6.07) is 5.64. The van der Waals surface area contributed by atoms with Crippen LogP contribution in [-0.4, -0.2) is 8.42 Å². The summed E-state index contributed by atoms with van der Waals surface area (Å²) in [4.78, 5) is -0.373. The van der Waals surface area contributed by atoms with Gasteiger partial charge in [0.15, 0.2) is 5.82 Å². The highest BCUT2D eigenvalue weighted by Crippen LogP contribution is 2.32. The van der Waals surface area contributed by atoms with Crippen molar-refractivity contribution < 1.29 is 17.2 Å². The molecular formula is C12H8BrClF2N2O2S. The molecule has 2 rings (SSSR count). The topological polar surface area (TPSA) is 72.2 Å². The Kier molecular flexibility index (Phi) is 4.40. The molecule has 0 aliphatic carbocycles. The predicted molar refractivity (Wildman–Crippen MR) is 80.7 cm³/mol. The van der Waals surface area contributed by atoms with Gasteiger partial charge in [0.2, 0.25) is 0 Å². The summed E-state index contributed by atoms with van der Waals surface area (Å²) in [7, 11) is -4.23. The molecule has 0 heterocycles. The molecule has 0 amide bonds. The van der Waals surface area contributed by atoms with Crippen LogP contribution in [0.5, 0.6) is 0 Å². The van der Waals surface area contributed by atoms with Crippen molar-refractivity contribution >= 4 is 48.9 Å². The normalized spacial score (nSPS) is 11.4. The van der Waals surface area contributed by atoms with Crippen molar-refractivity contribution in [3.8, 4) is 0 Å². The van der Waals surface area contributed by atoms with Crippen LogP contribution in [0.2, 0.25) is 5.02 Å². The zero-order valence-electron chi connectivity index (χ0n) is 10.2. The third kappa shape index (κ3) is 3.28. The average Bonchev–Trinajstić information content (AvgIpc) is 2.33. The van der Waals surface area contributed by atoms with Crippen molar-refractivity contribution in [3.63, 3.8) is 0 Å². The van der Waals surface area contributed by atoms with Gasteiger partial charge in [-0.2, -0.15) is 0 Å². The summed E-state index contributed by atoms with van der Waals surface area (Å²) in [6.07, 6.45) is 0. The van der Waals surface area contributed by atoms with E-state index < -0.39 is 27.3 Å². The second-order valence-corrected chi connectivity index (χ2v) is 6.89. The summed E-state index contributed by atoms with van der Waals surface area (Å²) < 4.78 is 53.2. The van der Waals surface area contributed by atoms with Crippen LogP contribution in [-0.2, 0) is 10.0 Å². The van der Waals surface area contributed by atoms with Crippen molar-refractivity contribution in [2.45, 2.75) is 4.90 Å². The van der Waals surface area contributed by atoms with Gasteiger partial charge in [-0.05, 0) is 34.1 Å². The zero-order chi connectivity index (χ0) is 15.8. The molecule has 0 spiro atoms. The number of nitrogen functional groups attached to an aromatic ring is 1. The van der Waals surface area contributed by atoms with E-state index in [-0.39, 0.29) is 20.1 Å². The first-order valence-corrected chi connectivity index (χ1v) is 8.09. The van der Waals surface area contributed by atoms with Crippen LogP contribution in [0.3, 0.4) is 0 Å². The number of hydrogen-bond donors (Lipinski definition) is 2. The fourth-order valence-corrected chi connectivity index (χ4v) is 4.04. The van der Waals surface area contributed by atoms with E-state index in [4.69, 9.17) is 17.3 Å². The van der Waals surface area contributed by atoms with Gasteiger partial charge in [-0.15, -0.1) is 0 Å². The lowest BCUT2D eigenvalue weighted by Crippen LogP contribution is -2.16. The molecule has 21 heavy (non-hydrogen) atoms. The van der Waals surface area contributed by atoms with Gasteiger partial charge in [0.25, 0.3) is 10.0 Å². The van der Waals surface area contributed by atoms with Crippen LogP contribution < -0.4 is 10.5 Å². The fraction of sp³-hybridized carbons (Fsp3) is 0. The van der Waals surface area contributed by atoms with Crippen LogP contribution >= 0.6 is 27.5 Å². The molecule has 4 nitrogen and oxygen atoms in total. The van der Waals surface area contributed by atoms with Crippen LogP contribution in [0.15, 0.2) is 39.7 Å². The molecule has 0 aromatic heterocycles. The lowest BCUT2D eigenvalue weighted by Gasteiger charge is -2.13. The number of halogens is 4. The number of anilines is 2. The number of benzene rings is 2. The number of rotatable bonds is 3. The number of hydrogen-bond acceptors (Lipinski definition) is 3. The maximum atomic E-state index is 13.7. The minimum atomic E-state index is -4.23. The van der Waals surface area contributed by atoms with Gasteiger partial charge in [-0.25, -0.2) is 17.2 Å². The molecule has 0 saturated heterocycles. The summed E-state index contributed by atoms with van der Waals surface area (Å²) in [5.41, 5.74) is 5.07. The maximum absolute atomic E-state index is 13.7. The molecule has 0 unspecified atom stereocenters. The third-order valence-corrected chi connectivity index (χ3v) is 5.03. The van der Waals surface area contributed by atoms with E-state index in [0.717, 1.165) is 6.07 Å². The Balaban J connectivity index is 2.53. The van der Waals surface area contributed by atoms with Gasteiger partial charge in [0.1, 0.15) is 10.7 Å². The summed E-state index contributed by atoms with van der Waals surface area (Å²) in [6.45, 7) is 0. The number of nitrogens with one attached hydrogen (secondary N) is 1. The Morgan fingerprint density at radius 3 is 2.48 bits per heavy atom. The minimum Gasteiger partial charge on any atom is -0.398 e. The van der Waals surface area contributed by atoms with Gasteiger partial charge in [-0.3, -0.25) is 4.72 Å². The molecule has 9 heteroatoms. The lowest BCUT2D eigenvalue weighted by atomic mass is 10.3. The smallest absolute Gasteiger partial charge is 0.265 e. The quantitative estimate of drug-likeness (QED) is 0.775. The van der Waals surface area contributed by atoms with Crippen molar-refractivity contribution in [2.24, 2.45) is 0 Å². The SMILES string of the molecule is Nc1cccc(Cl)c1S(=O)(=O)Nc1c(F)cc(F)cc1Br. The first-order chi connectivity index (χ1) is 9.72. The van der Waals surface area contributed by atoms with Crippen LogP contribution in [0, 0.1) is 11.6 Å². The monoisotopic (exact) mass is 396 g/mol. The average molecular weight is 398 g/mol. The largest absolute Gasteiger partial charge is 0.398 e. The molecular weight excluding hydrogens is 390 g/mol. The third-order valence-electron chi connectivity index (χ3n) is 2.51. The predicted octanol–water partition coefficient (Wildman–Crippen LogP) is 3.76. The zero-order valence-corrected chi connectivity index (χ0v) is 13.4. The molecule has 0 atom stereocenters. The van der Waals surface area contributed by atoms with E-state index >= 15 is 0 Å². The maximum Gasteiger partial charge on any atom is 0.265 e. The molecule has 0 bridgehead atoms.